The van der Waals surface area contributed by atoms with Crippen LogP contribution < -0.4 is 5.32 Å². The fourth-order valence-electron chi connectivity index (χ4n) is 1.66. The van der Waals surface area contributed by atoms with Gasteiger partial charge in [-0.15, -0.1) is 0 Å². The maximum absolute atomic E-state index is 3.21. The maximum atomic E-state index is 3.21. The van der Waals surface area contributed by atoms with Crippen molar-refractivity contribution in [1.82, 2.24) is 5.32 Å². The highest BCUT2D eigenvalue weighted by Crippen LogP contribution is 2.17. The molecule has 0 heterocycles. The minimum Gasteiger partial charge on any atom is -0.306 e. The quantitative estimate of drug-likeness (QED) is 0.592. The first-order chi connectivity index (χ1) is 7.92. The van der Waals surface area contributed by atoms with Gasteiger partial charge in [0.15, 0.2) is 0 Å². The summed E-state index contributed by atoms with van der Waals surface area (Å²) in [5.41, 5.74) is 1.11. The van der Waals surface area contributed by atoms with Gasteiger partial charge < -0.3 is 5.32 Å². The molecule has 0 aliphatic carbocycles. The zero-order valence-electron chi connectivity index (χ0n) is 9.46. The molecule has 0 amide bonds. The Morgan fingerprint density at radius 1 is 1.06 bits per heavy atom. The van der Waals surface area contributed by atoms with Crippen LogP contribution in [0.3, 0.4) is 0 Å². The Labute approximate surface area is 96.5 Å². The summed E-state index contributed by atoms with van der Waals surface area (Å²) in [6, 6.07) is 14.6. The molecule has 1 N–H and O–H groups in total. The third-order valence-corrected chi connectivity index (χ3v) is 2.48. The van der Waals surface area contributed by atoms with Crippen LogP contribution in [0, 0.1) is 11.8 Å². The fourth-order valence-corrected chi connectivity index (χ4v) is 1.66. The van der Waals surface area contributed by atoms with Crippen LogP contribution in [0.15, 0.2) is 42.5 Å². The van der Waals surface area contributed by atoms with Crippen molar-refractivity contribution in [2.45, 2.75) is 6.92 Å². The van der Waals surface area contributed by atoms with Crippen molar-refractivity contribution in [1.29, 1.82) is 0 Å². The summed E-state index contributed by atoms with van der Waals surface area (Å²) in [5, 5.41) is 5.67. The molecule has 1 heteroatoms. The standard InChI is InChI=1S/C15H15N/c1-2-16-12-6-10-14-9-5-8-13-7-3-4-11-15(13)14/h3-5,7-9,11,16H,2,12H2,1H3. The highest BCUT2D eigenvalue weighted by atomic mass is 14.8. The molecule has 2 rings (SSSR count). The highest BCUT2D eigenvalue weighted by molar-refractivity contribution is 5.88. The van der Waals surface area contributed by atoms with Crippen LogP contribution in [0.4, 0.5) is 0 Å². The van der Waals surface area contributed by atoms with Crippen molar-refractivity contribution in [3.8, 4) is 11.8 Å². The van der Waals surface area contributed by atoms with Crippen molar-refractivity contribution < 1.29 is 0 Å². The van der Waals surface area contributed by atoms with Gasteiger partial charge in [-0.3, -0.25) is 0 Å². The Bertz CT molecular complexity index is 526. The molecule has 0 saturated heterocycles. The molecule has 0 fully saturated rings. The predicted octanol–water partition coefficient (Wildman–Crippen LogP) is 2.80. The summed E-state index contributed by atoms with van der Waals surface area (Å²) >= 11 is 0. The Balaban J connectivity index is 2.32. The van der Waals surface area contributed by atoms with Gasteiger partial charge >= 0.3 is 0 Å². The van der Waals surface area contributed by atoms with Crippen LogP contribution in [0.2, 0.25) is 0 Å². The largest absolute Gasteiger partial charge is 0.306 e. The van der Waals surface area contributed by atoms with Gasteiger partial charge in [0.1, 0.15) is 0 Å². The summed E-state index contributed by atoms with van der Waals surface area (Å²) in [5.74, 6) is 6.34. The SMILES string of the molecule is CCNCC#Cc1cccc2ccccc12. The van der Waals surface area contributed by atoms with E-state index in [1.807, 2.05) is 0 Å². The van der Waals surface area contributed by atoms with Gasteiger partial charge in [0, 0.05) is 5.56 Å². The van der Waals surface area contributed by atoms with Crippen molar-refractivity contribution >= 4 is 10.8 Å². The van der Waals surface area contributed by atoms with Crippen LogP contribution in [0.1, 0.15) is 12.5 Å². The zero-order valence-corrected chi connectivity index (χ0v) is 9.46. The third kappa shape index (κ3) is 2.42. The molecule has 16 heavy (non-hydrogen) atoms. The molecule has 0 spiro atoms. The number of benzene rings is 2. The topological polar surface area (TPSA) is 12.0 Å². The summed E-state index contributed by atoms with van der Waals surface area (Å²) in [6.07, 6.45) is 0. The van der Waals surface area contributed by atoms with Crippen LogP contribution in [0.25, 0.3) is 10.8 Å². The van der Waals surface area contributed by atoms with E-state index >= 15 is 0 Å². The third-order valence-electron chi connectivity index (χ3n) is 2.48. The molecule has 0 aromatic heterocycles. The van der Waals surface area contributed by atoms with Crippen LogP contribution in [-0.2, 0) is 0 Å². The van der Waals surface area contributed by atoms with E-state index in [2.05, 4.69) is 66.5 Å². The minimum atomic E-state index is 0.750. The van der Waals surface area contributed by atoms with Crippen LogP contribution in [-0.4, -0.2) is 13.1 Å². The molecular formula is C15H15N. The lowest BCUT2D eigenvalue weighted by Gasteiger charge is -1.99. The molecule has 80 valence electrons. The van der Waals surface area contributed by atoms with E-state index in [1.54, 1.807) is 0 Å². The van der Waals surface area contributed by atoms with Gasteiger partial charge in [0.05, 0.1) is 6.54 Å². The second kappa shape index (κ2) is 5.34. The Hall–Kier alpha value is -1.78. The number of rotatable bonds is 2. The van der Waals surface area contributed by atoms with E-state index < -0.39 is 0 Å². The van der Waals surface area contributed by atoms with E-state index in [0.717, 1.165) is 18.7 Å². The number of hydrogen-bond acceptors (Lipinski definition) is 1. The Morgan fingerprint density at radius 3 is 2.75 bits per heavy atom. The maximum Gasteiger partial charge on any atom is 0.0580 e. The Morgan fingerprint density at radius 2 is 1.88 bits per heavy atom. The normalized spacial score (nSPS) is 9.81. The molecule has 0 aliphatic rings. The number of nitrogens with one attached hydrogen (secondary N) is 1. The molecule has 2 aromatic carbocycles. The first-order valence-corrected chi connectivity index (χ1v) is 5.59. The minimum absolute atomic E-state index is 0.750. The van der Waals surface area contributed by atoms with Gasteiger partial charge in [0.2, 0.25) is 0 Å². The Kier molecular flexibility index (Phi) is 3.58. The lowest BCUT2D eigenvalue weighted by molar-refractivity contribution is 0.811. The molecule has 0 unspecified atom stereocenters. The summed E-state index contributed by atoms with van der Waals surface area (Å²) in [6.45, 7) is 3.80. The summed E-state index contributed by atoms with van der Waals surface area (Å²) in [4.78, 5) is 0. The van der Waals surface area contributed by atoms with Gasteiger partial charge in [-0.2, -0.15) is 0 Å². The van der Waals surface area contributed by atoms with Crippen molar-refractivity contribution in [2.75, 3.05) is 13.1 Å². The summed E-state index contributed by atoms with van der Waals surface area (Å²) in [7, 11) is 0. The van der Waals surface area contributed by atoms with Crippen molar-refractivity contribution in [3.63, 3.8) is 0 Å². The van der Waals surface area contributed by atoms with Gasteiger partial charge in [-0.1, -0.05) is 55.2 Å². The molecule has 0 saturated carbocycles. The van der Waals surface area contributed by atoms with Gasteiger partial charge in [-0.05, 0) is 23.4 Å². The first kappa shape index (κ1) is 10.7. The van der Waals surface area contributed by atoms with Crippen molar-refractivity contribution in [3.05, 3.63) is 48.0 Å². The highest BCUT2D eigenvalue weighted by Gasteiger charge is 1.95. The van der Waals surface area contributed by atoms with E-state index in [1.165, 1.54) is 10.8 Å². The lowest BCUT2D eigenvalue weighted by Crippen LogP contribution is -2.11. The molecular weight excluding hydrogens is 194 g/mol. The second-order valence-electron chi connectivity index (χ2n) is 3.61. The van der Waals surface area contributed by atoms with Gasteiger partial charge in [-0.25, -0.2) is 0 Å². The molecule has 0 bridgehead atoms. The molecule has 0 atom stereocenters. The predicted molar refractivity (Wildman–Crippen MR) is 69.4 cm³/mol. The van der Waals surface area contributed by atoms with E-state index in [0.29, 0.717) is 0 Å². The van der Waals surface area contributed by atoms with Crippen LogP contribution >= 0.6 is 0 Å². The second-order valence-corrected chi connectivity index (χ2v) is 3.61. The molecule has 2 aromatic rings. The van der Waals surface area contributed by atoms with E-state index in [-0.39, 0.29) is 0 Å². The van der Waals surface area contributed by atoms with E-state index in [9.17, 15) is 0 Å². The van der Waals surface area contributed by atoms with Crippen molar-refractivity contribution in [2.24, 2.45) is 0 Å². The summed E-state index contributed by atoms with van der Waals surface area (Å²) < 4.78 is 0. The average molecular weight is 209 g/mol. The average Bonchev–Trinajstić information content (AvgIpc) is 2.35. The monoisotopic (exact) mass is 209 g/mol. The lowest BCUT2D eigenvalue weighted by atomic mass is 10.1. The molecule has 0 aliphatic heterocycles. The number of hydrogen-bond donors (Lipinski definition) is 1. The smallest absolute Gasteiger partial charge is 0.0580 e. The van der Waals surface area contributed by atoms with Crippen LogP contribution in [0.5, 0.6) is 0 Å². The zero-order chi connectivity index (χ0) is 11.2. The number of fused-ring (bicyclic) bond motifs is 1. The van der Waals surface area contributed by atoms with Gasteiger partial charge in [0.25, 0.3) is 0 Å². The first-order valence-electron chi connectivity index (χ1n) is 5.59. The fraction of sp³-hybridized carbons (Fsp3) is 0.200. The molecule has 1 nitrogen and oxygen atoms in total. The van der Waals surface area contributed by atoms with E-state index in [4.69, 9.17) is 0 Å². The molecule has 0 radical (unpaired) electrons.